The van der Waals surface area contributed by atoms with Crippen molar-refractivity contribution in [2.45, 2.75) is 19.5 Å². The molecule has 0 radical (unpaired) electrons. The van der Waals surface area contributed by atoms with Gasteiger partial charge in [-0.1, -0.05) is 25.1 Å². The van der Waals surface area contributed by atoms with Gasteiger partial charge in [-0.15, -0.1) is 0 Å². The molecule has 0 aromatic heterocycles. The zero-order valence-electron chi connectivity index (χ0n) is 9.63. The van der Waals surface area contributed by atoms with E-state index < -0.39 is 25.0 Å². The first-order valence-electron chi connectivity index (χ1n) is 5.50. The van der Waals surface area contributed by atoms with Gasteiger partial charge >= 0.3 is 0 Å². The van der Waals surface area contributed by atoms with E-state index in [9.17, 15) is 13.2 Å². The molecule has 2 nitrogen and oxygen atoms in total. The normalized spacial score (nSPS) is 13.0. The Bertz CT molecular complexity index is 333. The number of halogens is 3. The number of rotatable bonds is 7. The topological polar surface area (TPSA) is 21.3 Å². The van der Waals surface area contributed by atoms with Gasteiger partial charge in [0.2, 0.25) is 0 Å². The van der Waals surface area contributed by atoms with Crippen molar-refractivity contribution < 1.29 is 17.9 Å². The van der Waals surface area contributed by atoms with Gasteiger partial charge in [-0.25, -0.2) is 13.2 Å². The van der Waals surface area contributed by atoms with Gasteiger partial charge in [0.1, 0.15) is 12.4 Å². The van der Waals surface area contributed by atoms with E-state index in [0.717, 1.165) is 0 Å². The molecule has 0 fully saturated rings. The molecule has 0 aliphatic heterocycles. The lowest BCUT2D eigenvalue weighted by molar-refractivity contribution is -0.0256. The summed E-state index contributed by atoms with van der Waals surface area (Å²) in [6.45, 7) is 2.17. The van der Waals surface area contributed by atoms with Crippen molar-refractivity contribution in [3.63, 3.8) is 0 Å². The predicted molar refractivity (Wildman–Crippen MR) is 59.6 cm³/mol. The third-order valence-corrected chi connectivity index (χ3v) is 2.26. The van der Waals surface area contributed by atoms with Crippen LogP contribution in [0.25, 0.3) is 0 Å². The molecule has 0 spiro atoms. The fourth-order valence-corrected chi connectivity index (χ4v) is 1.46. The summed E-state index contributed by atoms with van der Waals surface area (Å²) in [5.41, 5.74) is 0.300. The lowest BCUT2D eigenvalue weighted by Gasteiger charge is -2.19. The predicted octanol–water partition coefficient (Wildman–Crippen LogP) is 2.76. The highest BCUT2D eigenvalue weighted by Gasteiger charge is 2.17. The van der Waals surface area contributed by atoms with E-state index in [2.05, 4.69) is 5.32 Å². The van der Waals surface area contributed by atoms with Crippen LogP contribution in [-0.2, 0) is 4.74 Å². The van der Waals surface area contributed by atoms with Crippen molar-refractivity contribution in [3.05, 3.63) is 35.6 Å². The standard InChI is InChI=1S/C12H16F3NO/c1-2-16-7-11(17-8-12(14)15)9-5-3-4-6-10(9)13/h3-6,11-12,16H,2,7-8H2,1H3. The molecule has 1 rings (SSSR count). The molecule has 1 N–H and O–H groups in total. The maximum Gasteiger partial charge on any atom is 0.261 e. The molecule has 0 bridgehead atoms. The first-order chi connectivity index (χ1) is 8.15. The second-order valence-electron chi connectivity index (χ2n) is 3.54. The summed E-state index contributed by atoms with van der Waals surface area (Å²) in [5, 5.41) is 2.96. The number of nitrogens with one attached hydrogen (secondary N) is 1. The SMILES string of the molecule is CCNCC(OCC(F)F)c1ccccc1F. The van der Waals surface area contributed by atoms with E-state index in [-0.39, 0.29) is 0 Å². The van der Waals surface area contributed by atoms with Gasteiger partial charge in [0, 0.05) is 12.1 Å². The number of hydrogen-bond donors (Lipinski definition) is 1. The zero-order valence-corrected chi connectivity index (χ0v) is 9.63. The van der Waals surface area contributed by atoms with Gasteiger partial charge in [0.25, 0.3) is 6.43 Å². The first kappa shape index (κ1) is 14.0. The van der Waals surface area contributed by atoms with Gasteiger partial charge in [-0.05, 0) is 12.6 Å². The van der Waals surface area contributed by atoms with Crippen molar-refractivity contribution in [1.82, 2.24) is 5.32 Å². The summed E-state index contributed by atoms with van der Waals surface area (Å²) in [5.74, 6) is -0.440. The average Bonchev–Trinajstić information content (AvgIpc) is 2.30. The number of likely N-dealkylation sites (N-methyl/N-ethyl adjacent to an activating group) is 1. The lowest BCUT2D eigenvalue weighted by Crippen LogP contribution is -2.25. The highest BCUT2D eigenvalue weighted by atomic mass is 19.3. The highest BCUT2D eigenvalue weighted by molar-refractivity contribution is 5.20. The number of alkyl halides is 2. The highest BCUT2D eigenvalue weighted by Crippen LogP contribution is 2.20. The van der Waals surface area contributed by atoms with Crippen LogP contribution in [0.1, 0.15) is 18.6 Å². The zero-order chi connectivity index (χ0) is 12.7. The molecule has 0 amide bonds. The third-order valence-electron chi connectivity index (χ3n) is 2.26. The van der Waals surface area contributed by atoms with Crippen molar-refractivity contribution in [2.75, 3.05) is 19.7 Å². The molecule has 1 atom stereocenters. The fourth-order valence-electron chi connectivity index (χ4n) is 1.46. The number of benzene rings is 1. The molecular weight excluding hydrogens is 231 g/mol. The molecule has 1 unspecified atom stereocenters. The lowest BCUT2D eigenvalue weighted by atomic mass is 10.1. The Kier molecular flexibility index (Phi) is 6.00. The van der Waals surface area contributed by atoms with Crippen molar-refractivity contribution in [3.8, 4) is 0 Å². The van der Waals surface area contributed by atoms with Crippen LogP contribution in [0.15, 0.2) is 24.3 Å². The van der Waals surface area contributed by atoms with Gasteiger partial charge in [-0.3, -0.25) is 0 Å². The van der Waals surface area contributed by atoms with E-state index in [4.69, 9.17) is 4.74 Å². The second-order valence-corrected chi connectivity index (χ2v) is 3.54. The van der Waals surface area contributed by atoms with Crippen LogP contribution in [0.3, 0.4) is 0 Å². The minimum Gasteiger partial charge on any atom is -0.366 e. The van der Waals surface area contributed by atoms with E-state index in [0.29, 0.717) is 18.7 Å². The quantitative estimate of drug-likeness (QED) is 0.800. The summed E-state index contributed by atoms with van der Waals surface area (Å²) < 4.78 is 42.7. The molecule has 96 valence electrons. The summed E-state index contributed by atoms with van der Waals surface area (Å²) in [6.07, 6.45) is -3.24. The minimum absolute atomic E-state index is 0.300. The van der Waals surface area contributed by atoms with E-state index >= 15 is 0 Å². The Morgan fingerprint density at radius 2 is 2.00 bits per heavy atom. The molecule has 0 heterocycles. The monoisotopic (exact) mass is 247 g/mol. The summed E-state index contributed by atoms with van der Waals surface area (Å²) in [7, 11) is 0. The summed E-state index contributed by atoms with van der Waals surface area (Å²) >= 11 is 0. The molecule has 0 aliphatic carbocycles. The molecule has 0 aliphatic rings. The maximum atomic E-state index is 13.5. The van der Waals surface area contributed by atoms with Crippen LogP contribution in [0.2, 0.25) is 0 Å². The van der Waals surface area contributed by atoms with Gasteiger partial charge in [0.15, 0.2) is 0 Å². The average molecular weight is 247 g/mol. The Hall–Kier alpha value is -1.07. The van der Waals surface area contributed by atoms with Crippen molar-refractivity contribution in [2.24, 2.45) is 0 Å². The summed E-state index contributed by atoms with van der Waals surface area (Å²) in [6, 6.07) is 6.04. The second kappa shape index (κ2) is 7.29. The van der Waals surface area contributed by atoms with E-state index in [1.54, 1.807) is 18.2 Å². The Morgan fingerprint density at radius 1 is 1.29 bits per heavy atom. The van der Waals surface area contributed by atoms with Crippen LogP contribution in [0, 0.1) is 5.82 Å². The van der Waals surface area contributed by atoms with Crippen molar-refractivity contribution >= 4 is 0 Å². The van der Waals surface area contributed by atoms with Crippen LogP contribution in [0.4, 0.5) is 13.2 Å². The van der Waals surface area contributed by atoms with Gasteiger partial charge in [0.05, 0.1) is 6.10 Å². The van der Waals surface area contributed by atoms with Gasteiger partial charge < -0.3 is 10.1 Å². The molecule has 0 saturated heterocycles. The third kappa shape index (κ3) is 4.75. The maximum absolute atomic E-state index is 13.5. The molecule has 1 aromatic carbocycles. The number of hydrogen-bond acceptors (Lipinski definition) is 2. The van der Waals surface area contributed by atoms with Gasteiger partial charge in [-0.2, -0.15) is 0 Å². The molecule has 1 aromatic rings. The number of ether oxygens (including phenoxy) is 1. The Labute approximate surface area is 98.8 Å². The Morgan fingerprint density at radius 3 is 2.59 bits per heavy atom. The van der Waals surface area contributed by atoms with Crippen molar-refractivity contribution in [1.29, 1.82) is 0 Å². The summed E-state index contributed by atoms with van der Waals surface area (Å²) in [4.78, 5) is 0. The van der Waals surface area contributed by atoms with Crippen LogP contribution in [0.5, 0.6) is 0 Å². The van der Waals surface area contributed by atoms with Crippen LogP contribution < -0.4 is 5.32 Å². The van der Waals surface area contributed by atoms with E-state index in [1.165, 1.54) is 6.07 Å². The largest absolute Gasteiger partial charge is 0.366 e. The Balaban J connectivity index is 2.71. The van der Waals surface area contributed by atoms with Crippen LogP contribution >= 0.6 is 0 Å². The van der Waals surface area contributed by atoms with Crippen LogP contribution in [-0.4, -0.2) is 26.1 Å². The molecule has 17 heavy (non-hydrogen) atoms. The smallest absolute Gasteiger partial charge is 0.261 e. The first-order valence-corrected chi connectivity index (χ1v) is 5.50. The minimum atomic E-state index is -2.55. The fraction of sp³-hybridized carbons (Fsp3) is 0.500. The molecule has 0 saturated carbocycles. The molecular formula is C12H16F3NO. The van der Waals surface area contributed by atoms with E-state index in [1.807, 2.05) is 6.92 Å². The molecule has 5 heteroatoms.